The van der Waals surface area contributed by atoms with Crippen LogP contribution in [-0.2, 0) is 11.2 Å². The summed E-state index contributed by atoms with van der Waals surface area (Å²) in [5, 5.41) is 5.44. The van der Waals surface area contributed by atoms with Crippen molar-refractivity contribution in [2.45, 2.75) is 19.4 Å². The Labute approximate surface area is 145 Å². The second-order valence-electron chi connectivity index (χ2n) is 5.77. The van der Waals surface area contributed by atoms with Gasteiger partial charge in [-0.15, -0.1) is 0 Å². The first-order chi connectivity index (χ1) is 11.5. The lowest BCUT2D eigenvalue weighted by Crippen LogP contribution is -2.28. The average molecular weight is 342 g/mol. The standard InChI is InChI=1S/C20H17ClFNO/c1-13(15-10-9-14-5-2-3-6-16(14)11-15)23-20(24)12-17-18(21)7-4-8-19(17)22/h2-11,13H,12H2,1H3,(H,23,24). The lowest BCUT2D eigenvalue weighted by Gasteiger charge is -2.15. The Bertz CT molecular complexity index is 873. The molecule has 0 fully saturated rings. The minimum absolute atomic E-state index is 0.0799. The molecule has 1 atom stereocenters. The summed E-state index contributed by atoms with van der Waals surface area (Å²) in [4.78, 5) is 12.2. The Kier molecular flexibility index (Phi) is 4.81. The van der Waals surface area contributed by atoms with Gasteiger partial charge in [0.25, 0.3) is 0 Å². The van der Waals surface area contributed by atoms with Gasteiger partial charge in [-0.25, -0.2) is 4.39 Å². The van der Waals surface area contributed by atoms with E-state index in [0.29, 0.717) is 0 Å². The number of hydrogen-bond acceptors (Lipinski definition) is 1. The van der Waals surface area contributed by atoms with Gasteiger partial charge < -0.3 is 5.32 Å². The molecule has 0 saturated heterocycles. The number of rotatable bonds is 4. The minimum atomic E-state index is -0.462. The fourth-order valence-corrected chi connectivity index (χ4v) is 2.94. The molecular weight excluding hydrogens is 325 g/mol. The summed E-state index contributed by atoms with van der Waals surface area (Å²) in [6, 6.07) is 18.4. The molecule has 1 amide bonds. The maximum absolute atomic E-state index is 13.8. The summed E-state index contributed by atoms with van der Waals surface area (Å²) in [6.45, 7) is 1.91. The molecule has 0 aromatic heterocycles. The Morgan fingerprint density at radius 2 is 1.83 bits per heavy atom. The number of carbonyl (C=O) groups is 1. The molecule has 0 radical (unpaired) electrons. The van der Waals surface area contributed by atoms with Crippen molar-refractivity contribution in [1.29, 1.82) is 0 Å². The second-order valence-corrected chi connectivity index (χ2v) is 6.18. The van der Waals surface area contributed by atoms with Crippen molar-refractivity contribution >= 4 is 28.3 Å². The molecule has 4 heteroatoms. The van der Waals surface area contributed by atoms with Gasteiger partial charge in [-0.3, -0.25) is 4.79 Å². The lowest BCUT2D eigenvalue weighted by atomic mass is 10.0. The highest BCUT2D eigenvalue weighted by atomic mass is 35.5. The van der Waals surface area contributed by atoms with Gasteiger partial charge in [-0.1, -0.05) is 54.1 Å². The van der Waals surface area contributed by atoms with Gasteiger partial charge in [0.1, 0.15) is 5.82 Å². The smallest absolute Gasteiger partial charge is 0.225 e. The second kappa shape index (κ2) is 7.02. The SMILES string of the molecule is CC(NC(=O)Cc1c(F)cccc1Cl)c1ccc2ccccc2c1. The maximum Gasteiger partial charge on any atom is 0.225 e. The van der Waals surface area contributed by atoms with Crippen molar-refractivity contribution in [1.82, 2.24) is 5.32 Å². The monoisotopic (exact) mass is 341 g/mol. The van der Waals surface area contributed by atoms with E-state index in [-0.39, 0.29) is 29.0 Å². The van der Waals surface area contributed by atoms with Crippen molar-refractivity contribution < 1.29 is 9.18 Å². The molecule has 3 aromatic carbocycles. The Morgan fingerprint density at radius 1 is 1.08 bits per heavy atom. The number of fused-ring (bicyclic) bond motifs is 1. The van der Waals surface area contributed by atoms with E-state index in [2.05, 4.69) is 11.4 Å². The van der Waals surface area contributed by atoms with Crippen molar-refractivity contribution in [2.24, 2.45) is 0 Å². The fraction of sp³-hybridized carbons (Fsp3) is 0.150. The van der Waals surface area contributed by atoms with Crippen LogP contribution in [0.4, 0.5) is 4.39 Å². The molecule has 0 aliphatic rings. The molecule has 3 aromatic rings. The molecule has 0 bridgehead atoms. The first-order valence-electron chi connectivity index (χ1n) is 7.75. The number of amides is 1. The molecule has 0 aliphatic carbocycles. The van der Waals surface area contributed by atoms with Gasteiger partial charge in [0, 0.05) is 10.6 Å². The van der Waals surface area contributed by atoms with Crippen LogP contribution < -0.4 is 5.32 Å². The van der Waals surface area contributed by atoms with Crippen LogP contribution in [0.3, 0.4) is 0 Å². The van der Waals surface area contributed by atoms with Gasteiger partial charge in [0.15, 0.2) is 0 Å². The van der Waals surface area contributed by atoms with E-state index in [1.54, 1.807) is 6.07 Å². The molecule has 0 heterocycles. The molecule has 1 unspecified atom stereocenters. The van der Waals surface area contributed by atoms with E-state index < -0.39 is 5.82 Å². The molecule has 0 aliphatic heterocycles. The highest BCUT2D eigenvalue weighted by Crippen LogP contribution is 2.22. The Hall–Kier alpha value is -2.39. The Morgan fingerprint density at radius 3 is 2.58 bits per heavy atom. The fourth-order valence-electron chi connectivity index (χ4n) is 2.71. The van der Waals surface area contributed by atoms with E-state index >= 15 is 0 Å². The van der Waals surface area contributed by atoms with Crippen LogP contribution in [0.25, 0.3) is 10.8 Å². The summed E-state index contributed by atoms with van der Waals surface area (Å²) in [5.41, 5.74) is 1.23. The van der Waals surface area contributed by atoms with Crippen molar-refractivity contribution in [2.75, 3.05) is 0 Å². The summed E-state index contributed by atoms with van der Waals surface area (Å²) in [5.74, 6) is -0.723. The quantitative estimate of drug-likeness (QED) is 0.706. The predicted octanol–water partition coefficient (Wildman–Crippen LogP) is 5.05. The number of carbonyl (C=O) groups excluding carboxylic acids is 1. The predicted molar refractivity (Wildman–Crippen MR) is 95.6 cm³/mol. The van der Waals surface area contributed by atoms with Crippen LogP contribution in [0.2, 0.25) is 5.02 Å². The van der Waals surface area contributed by atoms with Crippen LogP contribution in [0.15, 0.2) is 60.7 Å². The van der Waals surface area contributed by atoms with Gasteiger partial charge in [0.2, 0.25) is 5.91 Å². The highest BCUT2D eigenvalue weighted by molar-refractivity contribution is 6.31. The molecule has 2 nitrogen and oxygen atoms in total. The van der Waals surface area contributed by atoms with Gasteiger partial charge >= 0.3 is 0 Å². The lowest BCUT2D eigenvalue weighted by molar-refractivity contribution is -0.121. The van der Waals surface area contributed by atoms with E-state index in [1.807, 2.05) is 43.3 Å². The highest BCUT2D eigenvalue weighted by Gasteiger charge is 2.14. The molecule has 122 valence electrons. The van der Waals surface area contributed by atoms with Crippen LogP contribution in [-0.4, -0.2) is 5.91 Å². The topological polar surface area (TPSA) is 29.1 Å². The molecule has 3 rings (SSSR count). The molecule has 0 spiro atoms. The largest absolute Gasteiger partial charge is 0.349 e. The maximum atomic E-state index is 13.8. The van der Waals surface area contributed by atoms with E-state index in [0.717, 1.165) is 16.3 Å². The average Bonchev–Trinajstić information content (AvgIpc) is 2.58. The number of benzene rings is 3. The zero-order valence-corrected chi connectivity index (χ0v) is 14.0. The first-order valence-corrected chi connectivity index (χ1v) is 8.13. The third-order valence-electron chi connectivity index (χ3n) is 4.05. The zero-order chi connectivity index (χ0) is 17.1. The van der Waals surface area contributed by atoms with Crippen LogP contribution in [0.1, 0.15) is 24.1 Å². The van der Waals surface area contributed by atoms with Crippen molar-refractivity contribution in [3.8, 4) is 0 Å². The summed E-state index contributed by atoms with van der Waals surface area (Å²) in [6.07, 6.45) is -0.0799. The van der Waals surface area contributed by atoms with Crippen molar-refractivity contribution in [3.63, 3.8) is 0 Å². The molecule has 1 N–H and O–H groups in total. The van der Waals surface area contributed by atoms with E-state index in [4.69, 9.17) is 11.6 Å². The van der Waals surface area contributed by atoms with Crippen LogP contribution >= 0.6 is 11.6 Å². The number of hydrogen-bond donors (Lipinski definition) is 1. The molecule has 24 heavy (non-hydrogen) atoms. The normalized spacial score (nSPS) is 12.1. The number of halogens is 2. The van der Waals surface area contributed by atoms with Crippen LogP contribution in [0.5, 0.6) is 0 Å². The van der Waals surface area contributed by atoms with Crippen LogP contribution in [0, 0.1) is 5.82 Å². The van der Waals surface area contributed by atoms with E-state index in [9.17, 15) is 9.18 Å². The minimum Gasteiger partial charge on any atom is -0.349 e. The third kappa shape index (κ3) is 3.57. The summed E-state index contributed by atoms with van der Waals surface area (Å²) < 4.78 is 13.8. The molecule has 0 saturated carbocycles. The van der Waals surface area contributed by atoms with E-state index in [1.165, 1.54) is 12.1 Å². The summed E-state index contributed by atoms with van der Waals surface area (Å²) in [7, 11) is 0. The summed E-state index contributed by atoms with van der Waals surface area (Å²) >= 11 is 5.97. The zero-order valence-electron chi connectivity index (χ0n) is 13.2. The van der Waals surface area contributed by atoms with Gasteiger partial charge in [0.05, 0.1) is 12.5 Å². The Balaban J connectivity index is 1.73. The molecular formula is C20H17ClFNO. The number of nitrogens with one attached hydrogen (secondary N) is 1. The third-order valence-corrected chi connectivity index (χ3v) is 4.40. The first kappa shape index (κ1) is 16.5. The van der Waals surface area contributed by atoms with Gasteiger partial charge in [-0.05, 0) is 41.5 Å². The van der Waals surface area contributed by atoms with Gasteiger partial charge in [-0.2, -0.15) is 0 Å². The van der Waals surface area contributed by atoms with Crippen molar-refractivity contribution in [3.05, 3.63) is 82.6 Å².